The number of hydrogen-bond donors (Lipinski definition) is 1. The molecule has 6 heteroatoms. The highest BCUT2D eigenvalue weighted by atomic mass is 35.5. The van der Waals surface area contributed by atoms with E-state index in [2.05, 4.69) is 14.6 Å². The molecular formula is C8H8ClN5. The molecule has 0 aliphatic rings. The van der Waals surface area contributed by atoms with E-state index in [1.807, 2.05) is 19.3 Å². The van der Waals surface area contributed by atoms with Crippen molar-refractivity contribution in [1.82, 2.24) is 14.8 Å². The average Bonchev–Trinajstić information content (AvgIpc) is 2.55. The molecule has 0 unspecified atom stereocenters. The van der Waals surface area contributed by atoms with Gasteiger partial charge in [-0.2, -0.15) is 9.61 Å². The van der Waals surface area contributed by atoms with Crippen LogP contribution in [-0.2, 0) is 7.05 Å². The fourth-order valence-electron chi connectivity index (χ4n) is 1.22. The second-order valence-electron chi connectivity index (χ2n) is 2.91. The van der Waals surface area contributed by atoms with Gasteiger partial charge < -0.3 is 5.73 Å². The van der Waals surface area contributed by atoms with Crippen LogP contribution in [0.25, 0.3) is 11.0 Å². The Morgan fingerprint density at radius 2 is 2.43 bits per heavy atom. The number of aryl methyl sites for hydroxylation is 1. The topological polar surface area (TPSA) is 69.1 Å². The summed E-state index contributed by atoms with van der Waals surface area (Å²) in [6, 6.07) is 1.84. The number of nitrogens with two attached hydrogens (primary N) is 1. The van der Waals surface area contributed by atoms with Crippen molar-refractivity contribution >= 4 is 28.6 Å². The van der Waals surface area contributed by atoms with Crippen LogP contribution in [0.5, 0.6) is 0 Å². The largest absolute Gasteiger partial charge is 0.382 e. The van der Waals surface area contributed by atoms with Crippen LogP contribution in [0, 0.1) is 0 Å². The summed E-state index contributed by atoms with van der Waals surface area (Å²) in [5, 5.41) is 5.04. The molecule has 2 N–H and O–H groups in total. The Bertz CT molecular complexity index is 501. The molecule has 0 bridgehead atoms. The van der Waals surface area contributed by atoms with Crippen molar-refractivity contribution < 1.29 is 0 Å². The molecule has 0 saturated carbocycles. The Balaban J connectivity index is 2.61. The highest BCUT2D eigenvalue weighted by Gasteiger charge is 2.03. The Morgan fingerprint density at radius 3 is 3.14 bits per heavy atom. The summed E-state index contributed by atoms with van der Waals surface area (Å²) in [7, 11) is 1.83. The van der Waals surface area contributed by atoms with E-state index in [0.29, 0.717) is 11.2 Å². The van der Waals surface area contributed by atoms with Crippen molar-refractivity contribution in [3.63, 3.8) is 0 Å². The zero-order chi connectivity index (χ0) is 10.1. The van der Waals surface area contributed by atoms with E-state index in [9.17, 15) is 0 Å². The summed E-state index contributed by atoms with van der Waals surface area (Å²) < 4.78 is 5.06. The zero-order valence-electron chi connectivity index (χ0n) is 7.48. The Hall–Kier alpha value is -1.62. The normalized spacial score (nSPS) is 12.3. The Morgan fingerprint density at radius 1 is 1.64 bits per heavy atom. The van der Waals surface area contributed by atoms with E-state index in [1.54, 1.807) is 10.9 Å². The fraction of sp³-hybridized carbons (Fsp3) is 0.125. The lowest BCUT2D eigenvalue weighted by molar-refractivity contribution is 0.776. The number of pyridine rings is 1. The Labute approximate surface area is 85.3 Å². The molecule has 72 valence electrons. The van der Waals surface area contributed by atoms with Gasteiger partial charge in [0.25, 0.3) is 0 Å². The minimum Gasteiger partial charge on any atom is -0.382 e. The van der Waals surface area contributed by atoms with E-state index >= 15 is 0 Å². The molecule has 0 saturated heterocycles. The molecule has 0 fully saturated rings. The molecule has 0 spiro atoms. The standard InChI is InChI=1S/C8H8ClN5/c1-14-4-6-2-5(7(10)12-9)3-11-8(6)13-14/h2-4H,1H3,(H2,10,12). The van der Waals surface area contributed by atoms with Crippen LogP contribution in [0.3, 0.4) is 0 Å². The molecule has 0 aromatic carbocycles. The fourth-order valence-corrected chi connectivity index (χ4v) is 1.32. The first kappa shape index (κ1) is 8.96. The quantitative estimate of drug-likeness (QED) is 0.559. The number of rotatable bonds is 1. The van der Waals surface area contributed by atoms with E-state index in [0.717, 1.165) is 5.39 Å². The maximum Gasteiger partial charge on any atom is 0.181 e. The lowest BCUT2D eigenvalue weighted by atomic mass is 10.2. The first-order valence-electron chi connectivity index (χ1n) is 3.95. The van der Waals surface area contributed by atoms with Gasteiger partial charge >= 0.3 is 0 Å². The number of amidine groups is 1. The lowest BCUT2D eigenvalue weighted by Gasteiger charge is -1.96. The molecule has 2 heterocycles. The summed E-state index contributed by atoms with van der Waals surface area (Å²) >= 11 is 5.26. The highest BCUT2D eigenvalue weighted by Crippen LogP contribution is 2.10. The van der Waals surface area contributed by atoms with Crippen molar-refractivity contribution in [2.45, 2.75) is 0 Å². The number of fused-ring (bicyclic) bond motifs is 1. The van der Waals surface area contributed by atoms with Gasteiger partial charge in [-0.05, 0) is 6.07 Å². The molecule has 0 aliphatic carbocycles. The van der Waals surface area contributed by atoms with Gasteiger partial charge in [0, 0.05) is 42.2 Å². The van der Waals surface area contributed by atoms with E-state index in [4.69, 9.17) is 17.5 Å². The molecular weight excluding hydrogens is 202 g/mol. The number of aromatic nitrogens is 3. The van der Waals surface area contributed by atoms with Crippen LogP contribution >= 0.6 is 11.8 Å². The maximum absolute atomic E-state index is 5.54. The third kappa shape index (κ3) is 1.42. The molecule has 0 radical (unpaired) electrons. The van der Waals surface area contributed by atoms with Crippen LogP contribution < -0.4 is 5.73 Å². The van der Waals surface area contributed by atoms with Gasteiger partial charge in [0.1, 0.15) is 5.84 Å². The molecule has 14 heavy (non-hydrogen) atoms. The van der Waals surface area contributed by atoms with Gasteiger partial charge in [0.05, 0.1) is 0 Å². The number of halogens is 1. The molecule has 2 aromatic rings. The first-order chi connectivity index (χ1) is 6.70. The van der Waals surface area contributed by atoms with Crippen LogP contribution in [0.2, 0.25) is 0 Å². The number of nitrogens with zero attached hydrogens (tertiary/aromatic N) is 4. The van der Waals surface area contributed by atoms with Crippen molar-refractivity contribution in [2.24, 2.45) is 17.3 Å². The predicted molar refractivity (Wildman–Crippen MR) is 55.1 cm³/mol. The van der Waals surface area contributed by atoms with Crippen molar-refractivity contribution in [2.75, 3.05) is 0 Å². The average molecular weight is 210 g/mol. The van der Waals surface area contributed by atoms with Gasteiger partial charge in [-0.3, -0.25) is 4.68 Å². The van der Waals surface area contributed by atoms with Crippen molar-refractivity contribution in [1.29, 1.82) is 0 Å². The Kier molecular flexibility index (Phi) is 2.09. The summed E-state index contributed by atoms with van der Waals surface area (Å²) in [5.74, 6) is 0.255. The molecule has 2 aromatic heterocycles. The van der Waals surface area contributed by atoms with Crippen LogP contribution in [0.1, 0.15) is 5.56 Å². The third-order valence-electron chi connectivity index (χ3n) is 1.86. The summed E-state index contributed by atoms with van der Waals surface area (Å²) in [6.07, 6.45) is 3.45. The highest BCUT2D eigenvalue weighted by molar-refractivity contribution is 6.22. The van der Waals surface area contributed by atoms with Gasteiger partial charge in [-0.15, -0.1) is 0 Å². The van der Waals surface area contributed by atoms with E-state index < -0.39 is 0 Å². The molecule has 0 atom stereocenters. The molecule has 2 rings (SSSR count). The molecule has 0 aliphatic heterocycles. The second-order valence-corrected chi connectivity index (χ2v) is 3.08. The summed E-state index contributed by atoms with van der Waals surface area (Å²) in [4.78, 5) is 4.12. The van der Waals surface area contributed by atoms with Crippen molar-refractivity contribution in [3.8, 4) is 0 Å². The third-order valence-corrected chi connectivity index (χ3v) is 2.04. The minimum absolute atomic E-state index is 0.255. The van der Waals surface area contributed by atoms with Crippen LogP contribution in [0.15, 0.2) is 23.0 Å². The predicted octanol–water partition coefficient (Wildman–Crippen LogP) is 0.827. The van der Waals surface area contributed by atoms with Crippen molar-refractivity contribution in [3.05, 3.63) is 24.0 Å². The van der Waals surface area contributed by atoms with Gasteiger partial charge in [-0.25, -0.2) is 4.98 Å². The summed E-state index contributed by atoms with van der Waals surface area (Å²) in [5.41, 5.74) is 6.92. The number of hydrogen-bond acceptors (Lipinski definition) is 3. The first-order valence-corrected chi connectivity index (χ1v) is 4.28. The summed E-state index contributed by atoms with van der Waals surface area (Å²) in [6.45, 7) is 0. The molecule has 5 nitrogen and oxygen atoms in total. The van der Waals surface area contributed by atoms with Crippen LogP contribution in [0.4, 0.5) is 0 Å². The second kappa shape index (κ2) is 3.26. The zero-order valence-corrected chi connectivity index (χ0v) is 8.23. The smallest absolute Gasteiger partial charge is 0.181 e. The van der Waals surface area contributed by atoms with Gasteiger partial charge in [0.15, 0.2) is 5.65 Å². The van der Waals surface area contributed by atoms with E-state index in [-0.39, 0.29) is 5.84 Å². The minimum atomic E-state index is 0.255. The lowest BCUT2D eigenvalue weighted by Crippen LogP contribution is -2.12. The SMILES string of the molecule is Cn1cc2cc(/C(N)=N/Cl)cnc2n1. The van der Waals surface area contributed by atoms with Gasteiger partial charge in [-0.1, -0.05) is 0 Å². The monoisotopic (exact) mass is 209 g/mol. The molecule has 0 amide bonds. The van der Waals surface area contributed by atoms with Crippen LogP contribution in [-0.4, -0.2) is 20.6 Å². The van der Waals surface area contributed by atoms with Gasteiger partial charge in [0.2, 0.25) is 0 Å². The maximum atomic E-state index is 5.54. The van der Waals surface area contributed by atoms with E-state index in [1.165, 1.54) is 0 Å².